The van der Waals surface area contributed by atoms with Gasteiger partial charge >= 0.3 is 0 Å². The quantitative estimate of drug-likeness (QED) is 0.406. The molecule has 152 valence electrons. The van der Waals surface area contributed by atoms with Gasteiger partial charge in [-0.2, -0.15) is 0 Å². The highest BCUT2D eigenvalue weighted by molar-refractivity contribution is 7.99. The molecule has 1 amide bonds. The Kier molecular flexibility index (Phi) is 6.29. The fourth-order valence-corrected chi connectivity index (χ4v) is 4.16. The average molecular weight is 427 g/mol. The summed E-state index contributed by atoms with van der Waals surface area (Å²) in [5.74, 6) is 0.679. The molecule has 0 fully saturated rings. The number of nitrogen functional groups attached to an aromatic ring is 1. The lowest BCUT2D eigenvalue weighted by Gasteiger charge is -2.24. The molecule has 0 spiro atoms. The Morgan fingerprint density at radius 3 is 2.38 bits per heavy atom. The number of nitrogens with two attached hydrogens (primary N) is 1. The summed E-state index contributed by atoms with van der Waals surface area (Å²) in [7, 11) is 0. The summed E-state index contributed by atoms with van der Waals surface area (Å²) in [5.41, 5.74) is 8.02. The number of hydrogen-bond acceptors (Lipinski definition) is 6. The molecule has 3 aromatic rings. The molecule has 0 bridgehead atoms. The number of rotatable bonds is 5. The number of thioether (sulfide) groups is 1. The maximum atomic E-state index is 13.4. The van der Waals surface area contributed by atoms with E-state index >= 15 is 0 Å². The van der Waals surface area contributed by atoms with Gasteiger partial charge in [-0.1, -0.05) is 64.6 Å². The molecule has 7 heteroatoms. The molecule has 2 N–H and O–H groups in total. The van der Waals surface area contributed by atoms with E-state index in [1.54, 1.807) is 11.0 Å². The Morgan fingerprint density at radius 2 is 1.83 bits per heavy atom. The van der Waals surface area contributed by atoms with Crippen molar-refractivity contribution in [2.75, 3.05) is 10.6 Å². The fourth-order valence-electron chi connectivity index (χ4n) is 2.78. The summed E-state index contributed by atoms with van der Waals surface area (Å²) in [6, 6.07) is 13.4. The number of nitrogens with zero attached hydrogens (tertiary/aromatic N) is 3. The molecule has 2 aromatic heterocycles. The largest absolute Gasteiger partial charge is 0.383 e. The van der Waals surface area contributed by atoms with Crippen molar-refractivity contribution in [2.24, 2.45) is 0 Å². The number of aromatic nitrogens is 2. The lowest BCUT2D eigenvalue weighted by Crippen LogP contribution is -2.26. The van der Waals surface area contributed by atoms with Gasteiger partial charge in [-0.05, 0) is 34.6 Å². The minimum Gasteiger partial charge on any atom is -0.383 e. The van der Waals surface area contributed by atoms with Crippen LogP contribution in [0.2, 0.25) is 0 Å². The van der Waals surface area contributed by atoms with E-state index in [0.29, 0.717) is 26.9 Å². The molecular formula is C22H26N4OS2. The van der Waals surface area contributed by atoms with E-state index in [1.165, 1.54) is 28.7 Å². The molecule has 0 radical (unpaired) electrons. The standard InChI is InChI=1S/C22H26N4OS2/c1-14(2)29-21-24-18(23)13-19(25-21)26(20(27)17-7-6-12-28-17)16-10-8-15(9-11-16)22(3,4)5/h6-14H,1-5H3,(H2,23,24,25). The minimum atomic E-state index is -0.137. The van der Waals surface area contributed by atoms with Crippen molar-refractivity contribution >= 4 is 46.3 Å². The van der Waals surface area contributed by atoms with Crippen molar-refractivity contribution in [1.82, 2.24) is 9.97 Å². The normalized spacial score (nSPS) is 11.7. The van der Waals surface area contributed by atoms with Gasteiger partial charge in [0.15, 0.2) is 5.16 Å². The van der Waals surface area contributed by atoms with Crippen LogP contribution in [0.15, 0.2) is 53.0 Å². The van der Waals surface area contributed by atoms with Crippen molar-refractivity contribution in [3.8, 4) is 0 Å². The maximum Gasteiger partial charge on any atom is 0.274 e. The van der Waals surface area contributed by atoms with Gasteiger partial charge in [-0.3, -0.25) is 9.69 Å². The van der Waals surface area contributed by atoms with Crippen LogP contribution in [0.3, 0.4) is 0 Å². The molecule has 0 unspecified atom stereocenters. The second-order valence-corrected chi connectivity index (χ2v) is 10.5. The number of amides is 1. The van der Waals surface area contributed by atoms with Crippen LogP contribution in [0.1, 0.15) is 49.9 Å². The van der Waals surface area contributed by atoms with Crippen LogP contribution in [0, 0.1) is 0 Å². The molecule has 1 aromatic carbocycles. The summed E-state index contributed by atoms with van der Waals surface area (Å²) in [6.45, 7) is 10.6. The molecule has 5 nitrogen and oxygen atoms in total. The third-order valence-electron chi connectivity index (χ3n) is 4.21. The zero-order chi connectivity index (χ0) is 21.2. The summed E-state index contributed by atoms with van der Waals surface area (Å²) in [6.07, 6.45) is 0. The molecule has 0 atom stereocenters. The number of carbonyl (C=O) groups excluding carboxylic acids is 1. The Morgan fingerprint density at radius 1 is 1.14 bits per heavy atom. The van der Waals surface area contributed by atoms with E-state index in [0.717, 1.165) is 5.69 Å². The van der Waals surface area contributed by atoms with Gasteiger partial charge < -0.3 is 5.73 Å². The first kappa shape index (κ1) is 21.3. The van der Waals surface area contributed by atoms with Crippen LogP contribution in [0.25, 0.3) is 0 Å². The van der Waals surface area contributed by atoms with Gasteiger partial charge in [0.1, 0.15) is 11.6 Å². The van der Waals surface area contributed by atoms with Gasteiger partial charge in [0.25, 0.3) is 5.91 Å². The van der Waals surface area contributed by atoms with Crippen molar-refractivity contribution in [3.05, 3.63) is 58.3 Å². The van der Waals surface area contributed by atoms with Crippen molar-refractivity contribution < 1.29 is 4.79 Å². The summed E-state index contributed by atoms with van der Waals surface area (Å²) in [5, 5.41) is 2.75. The van der Waals surface area contributed by atoms with Gasteiger partial charge in [0, 0.05) is 11.3 Å². The van der Waals surface area contributed by atoms with Crippen LogP contribution < -0.4 is 10.6 Å². The first-order chi connectivity index (χ1) is 13.6. The first-order valence-electron chi connectivity index (χ1n) is 9.45. The Bertz CT molecular complexity index is 977. The van der Waals surface area contributed by atoms with E-state index in [-0.39, 0.29) is 11.3 Å². The highest BCUT2D eigenvalue weighted by Gasteiger charge is 2.24. The monoisotopic (exact) mass is 426 g/mol. The molecule has 0 aliphatic heterocycles. The summed E-state index contributed by atoms with van der Waals surface area (Å²) >= 11 is 2.92. The highest BCUT2D eigenvalue weighted by Crippen LogP contribution is 2.32. The second-order valence-electron chi connectivity index (χ2n) is 8.01. The predicted molar refractivity (Wildman–Crippen MR) is 123 cm³/mol. The van der Waals surface area contributed by atoms with Crippen LogP contribution in [0.5, 0.6) is 0 Å². The molecule has 0 aliphatic carbocycles. The van der Waals surface area contributed by atoms with Crippen LogP contribution in [-0.2, 0) is 5.41 Å². The smallest absolute Gasteiger partial charge is 0.274 e. The Hall–Kier alpha value is -2.38. The number of anilines is 3. The van der Waals surface area contributed by atoms with E-state index in [1.807, 2.05) is 29.6 Å². The summed E-state index contributed by atoms with van der Waals surface area (Å²) < 4.78 is 0. The average Bonchev–Trinajstić information content (AvgIpc) is 3.15. The lowest BCUT2D eigenvalue weighted by atomic mass is 9.87. The van der Waals surface area contributed by atoms with Gasteiger partial charge in [0.2, 0.25) is 0 Å². The highest BCUT2D eigenvalue weighted by atomic mass is 32.2. The Balaban J connectivity index is 2.09. The lowest BCUT2D eigenvalue weighted by molar-refractivity contribution is 0.100. The van der Waals surface area contributed by atoms with Gasteiger partial charge in [0.05, 0.1) is 10.6 Å². The maximum absolute atomic E-state index is 13.4. The summed E-state index contributed by atoms with van der Waals surface area (Å²) in [4.78, 5) is 24.6. The van der Waals surface area contributed by atoms with E-state index in [2.05, 4.69) is 56.7 Å². The molecule has 3 rings (SSSR count). The van der Waals surface area contributed by atoms with Crippen molar-refractivity contribution in [2.45, 2.75) is 50.4 Å². The van der Waals surface area contributed by atoms with Crippen LogP contribution in [0.4, 0.5) is 17.3 Å². The molecule has 29 heavy (non-hydrogen) atoms. The van der Waals surface area contributed by atoms with E-state index in [4.69, 9.17) is 5.73 Å². The SMILES string of the molecule is CC(C)Sc1nc(N)cc(N(C(=O)c2cccs2)c2ccc(C(C)(C)C)cc2)n1. The molecule has 2 heterocycles. The zero-order valence-corrected chi connectivity index (χ0v) is 19.0. The minimum absolute atomic E-state index is 0.0293. The van der Waals surface area contributed by atoms with Crippen LogP contribution in [-0.4, -0.2) is 21.1 Å². The molecule has 0 saturated heterocycles. The van der Waals surface area contributed by atoms with Crippen molar-refractivity contribution in [1.29, 1.82) is 0 Å². The number of carbonyl (C=O) groups is 1. The number of benzene rings is 1. The van der Waals surface area contributed by atoms with Gasteiger partial charge in [-0.25, -0.2) is 9.97 Å². The number of hydrogen-bond donors (Lipinski definition) is 1. The van der Waals surface area contributed by atoms with E-state index < -0.39 is 0 Å². The third-order valence-corrected chi connectivity index (χ3v) is 5.93. The van der Waals surface area contributed by atoms with Gasteiger partial charge in [-0.15, -0.1) is 11.3 Å². The van der Waals surface area contributed by atoms with Crippen LogP contribution >= 0.6 is 23.1 Å². The second kappa shape index (κ2) is 8.55. The fraction of sp³-hybridized carbons (Fsp3) is 0.318. The Labute approximate surface area is 180 Å². The first-order valence-corrected chi connectivity index (χ1v) is 11.2. The van der Waals surface area contributed by atoms with E-state index in [9.17, 15) is 4.79 Å². The third kappa shape index (κ3) is 5.16. The zero-order valence-electron chi connectivity index (χ0n) is 17.3. The molecular weight excluding hydrogens is 400 g/mol. The predicted octanol–water partition coefficient (Wildman–Crippen LogP) is 5.90. The molecule has 0 aliphatic rings. The topological polar surface area (TPSA) is 72.1 Å². The molecule has 0 saturated carbocycles. The van der Waals surface area contributed by atoms with Crippen molar-refractivity contribution in [3.63, 3.8) is 0 Å². The number of thiophene rings is 1.